The lowest BCUT2D eigenvalue weighted by Gasteiger charge is -2.38. The molecule has 118 valence electrons. The minimum absolute atomic E-state index is 0.320. The van der Waals surface area contributed by atoms with Gasteiger partial charge in [-0.15, -0.1) is 5.10 Å². The van der Waals surface area contributed by atoms with Crippen LogP contribution >= 0.6 is 0 Å². The molecule has 22 heavy (non-hydrogen) atoms. The highest BCUT2D eigenvalue weighted by Crippen LogP contribution is 2.33. The van der Waals surface area contributed by atoms with Crippen LogP contribution in [0, 0.1) is 11.3 Å². The van der Waals surface area contributed by atoms with Crippen LogP contribution in [0.15, 0.2) is 18.6 Å². The molecular formula is C15H22N6O. The van der Waals surface area contributed by atoms with Crippen LogP contribution in [0.3, 0.4) is 0 Å². The zero-order valence-electron chi connectivity index (χ0n) is 13.3. The van der Waals surface area contributed by atoms with Crippen LogP contribution in [-0.2, 0) is 6.54 Å². The molecule has 7 nitrogen and oxygen atoms in total. The van der Waals surface area contributed by atoms with Crippen molar-refractivity contribution in [2.75, 3.05) is 20.2 Å². The van der Waals surface area contributed by atoms with Gasteiger partial charge in [0.15, 0.2) is 0 Å². The van der Waals surface area contributed by atoms with E-state index in [4.69, 9.17) is 4.74 Å². The molecule has 0 spiro atoms. The quantitative estimate of drug-likeness (QED) is 0.919. The van der Waals surface area contributed by atoms with Crippen molar-refractivity contribution in [3.63, 3.8) is 0 Å². The van der Waals surface area contributed by atoms with Crippen molar-refractivity contribution in [1.82, 2.24) is 30.3 Å². The second kappa shape index (κ2) is 6.00. The number of methoxy groups -OCH3 is 1. The lowest BCUT2D eigenvalue weighted by molar-refractivity contribution is 0.130. The molecular weight excluding hydrogens is 280 g/mol. The molecule has 0 amide bonds. The predicted octanol–water partition coefficient (Wildman–Crippen LogP) is 1.38. The highest BCUT2D eigenvalue weighted by Gasteiger charge is 2.32. The fourth-order valence-electron chi connectivity index (χ4n) is 2.78. The summed E-state index contributed by atoms with van der Waals surface area (Å²) in [5, 5.41) is 11.9. The van der Waals surface area contributed by atoms with E-state index >= 15 is 0 Å². The maximum absolute atomic E-state index is 4.96. The first kappa shape index (κ1) is 14.9. The van der Waals surface area contributed by atoms with Gasteiger partial charge in [-0.2, -0.15) is 0 Å². The molecule has 0 aromatic carbocycles. The van der Waals surface area contributed by atoms with Gasteiger partial charge >= 0.3 is 6.01 Å². The maximum atomic E-state index is 4.96. The van der Waals surface area contributed by atoms with E-state index in [2.05, 4.69) is 39.4 Å². The molecule has 2 aromatic rings. The fraction of sp³-hybridized carbons (Fsp3) is 0.600. The van der Waals surface area contributed by atoms with Gasteiger partial charge in [0, 0.05) is 31.0 Å². The average Bonchev–Trinajstić information content (AvgIpc) is 2.98. The van der Waals surface area contributed by atoms with Gasteiger partial charge in [0.1, 0.15) is 5.69 Å². The topological polar surface area (TPSA) is 77.8 Å². The molecule has 1 fully saturated rings. The summed E-state index contributed by atoms with van der Waals surface area (Å²) in [7, 11) is 1.55. The minimum atomic E-state index is 0.320. The molecule has 1 saturated heterocycles. The molecule has 0 bridgehead atoms. The summed E-state index contributed by atoms with van der Waals surface area (Å²) in [5.74, 6) is 0.544. The second-order valence-corrected chi connectivity index (χ2v) is 6.42. The largest absolute Gasteiger partial charge is 0.467 e. The maximum Gasteiger partial charge on any atom is 0.316 e. The summed E-state index contributed by atoms with van der Waals surface area (Å²) in [6.45, 7) is 7.63. The van der Waals surface area contributed by atoms with Gasteiger partial charge in [0.25, 0.3) is 0 Å². The first-order valence-electron chi connectivity index (χ1n) is 7.56. The van der Waals surface area contributed by atoms with Crippen molar-refractivity contribution < 1.29 is 4.74 Å². The normalized spacial score (nSPS) is 20.8. The Balaban J connectivity index is 1.73. The van der Waals surface area contributed by atoms with Crippen LogP contribution in [0.5, 0.6) is 6.01 Å². The molecule has 1 N–H and O–H groups in total. The lowest BCUT2D eigenvalue weighted by Crippen LogP contribution is -2.43. The molecule has 1 unspecified atom stereocenters. The number of hydrogen-bond donors (Lipinski definition) is 1. The Bertz CT molecular complexity index is 621. The first-order chi connectivity index (χ1) is 10.6. The molecule has 7 heteroatoms. The number of nitrogens with one attached hydrogen (secondary N) is 1. The number of rotatable bonds is 4. The summed E-state index contributed by atoms with van der Waals surface area (Å²) in [4.78, 5) is 8.20. The Morgan fingerprint density at radius 3 is 2.82 bits per heavy atom. The zero-order valence-corrected chi connectivity index (χ0v) is 13.3. The molecule has 0 saturated carbocycles. The Morgan fingerprint density at radius 2 is 2.14 bits per heavy atom. The number of piperidine rings is 1. The van der Waals surface area contributed by atoms with E-state index in [1.807, 2.05) is 10.9 Å². The van der Waals surface area contributed by atoms with Gasteiger partial charge in [0.05, 0.1) is 13.3 Å². The van der Waals surface area contributed by atoms with Crippen LogP contribution in [0.1, 0.15) is 20.3 Å². The first-order valence-corrected chi connectivity index (χ1v) is 7.56. The molecule has 3 heterocycles. The lowest BCUT2D eigenvalue weighted by atomic mass is 9.74. The Labute approximate surface area is 130 Å². The van der Waals surface area contributed by atoms with Crippen LogP contribution in [-0.4, -0.2) is 45.2 Å². The molecule has 1 aliphatic rings. The Hall–Kier alpha value is -2.02. The van der Waals surface area contributed by atoms with E-state index in [1.165, 1.54) is 6.42 Å². The Kier molecular flexibility index (Phi) is 4.06. The second-order valence-electron chi connectivity index (χ2n) is 6.42. The van der Waals surface area contributed by atoms with E-state index in [1.54, 1.807) is 19.5 Å². The molecule has 2 aromatic heterocycles. The van der Waals surface area contributed by atoms with Gasteiger partial charge in [-0.05, 0) is 24.3 Å². The molecule has 1 aliphatic heterocycles. The third kappa shape index (κ3) is 3.09. The van der Waals surface area contributed by atoms with Crippen molar-refractivity contribution in [3.8, 4) is 17.3 Å². The standard InChI is InChI=1S/C15H22N6O/c1-15(2)4-5-16-8-12(15)9-21-10-13(19-20-21)11-6-17-14(22-3)18-7-11/h6-7,10,12,16H,4-5,8-9H2,1-3H3. The summed E-state index contributed by atoms with van der Waals surface area (Å²) in [5.41, 5.74) is 1.94. The van der Waals surface area contributed by atoms with E-state index in [0.29, 0.717) is 17.3 Å². The van der Waals surface area contributed by atoms with Gasteiger partial charge in [-0.25, -0.2) is 9.97 Å². The summed E-state index contributed by atoms with van der Waals surface area (Å²) in [6.07, 6.45) is 6.54. The number of ether oxygens (including phenoxy) is 1. The summed E-state index contributed by atoms with van der Waals surface area (Å²) in [6, 6.07) is 0.353. The van der Waals surface area contributed by atoms with Crippen LogP contribution in [0.25, 0.3) is 11.3 Å². The van der Waals surface area contributed by atoms with E-state index in [0.717, 1.165) is 30.9 Å². The van der Waals surface area contributed by atoms with E-state index in [-0.39, 0.29) is 0 Å². The van der Waals surface area contributed by atoms with E-state index in [9.17, 15) is 0 Å². The number of hydrogen-bond acceptors (Lipinski definition) is 6. The molecule has 3 rings (SSSR count). The summed E-state index contributed by atoms with van der Waals surface area (Å²) < 4.78 is 6.88. The van der Waals surface area contributed by atoms with Crippen LogP contribution < -0.4 is 10.1 Å². The highest BCUT2D eigenvalue weighted by atomic mass is 16.5. The van der Waals surface area contributed by atoms with Crippen molar-refractivity contribution in [1.29, 1.82) is 0 Å². The number of nitrogens with zero attached hydrogens (tertiary/aromatic N) is 5. The smallest absolute Gasteiger partial charge is 0.316 e. The van der Waals surface area contributed by atoms with Gasteiger partial charge in [0.2, 0.25) is 0 Å². The zero-order chi connectivity index (χ0) is 15.6. The highest BCUT2D eigenvalue weighted by molar-refractivity contribution is 5.54. The summed E-state index contributed by atoms with van der Waals surface area (Å²) >= 11 is 0. The SMILES string of the molecule is COc1ncc(-c2cn(CC3CNCCC3(C)C)nn2)cn1. The van der Waals surface area contributed by atoms with Crippen molar-refractivity contribution in [2.45, 2.75) is 26.8 Å². The van der Waals surface area contributed by atoms with Crippen molar-refractivity contribution in [3.05, 3.63) is 18.6 Å². The van der Waals surface area contributed by atoms with E-state index < -0.39 is 0 Å². The van der Waals surface area contributed by atoms with Gasteiger partial charge in [-0.1, -0.05) is 19.1 Å². The van der Waals surface area contributed by atoms with Gasteiger partial charge < -0.3 is 10.1 Å². The Morgan fingerprint density at radius 1 is 1.36 bits per heavy atom. The predicted molar refractivity (Wildman–Crippen MR) is 82.4 cm³/mol. The third-order valence-corrected chi connectivity index (χ3v) is 4.49. The molecule has 0 radical (unpaired) electrons. The number of aromatic nitrogens is 5. The van der Waals surface area contributed by atoms with Crippen molar-refractivity contribution in [2.24, 2.45) is 11.3 Å². The third-order valence-electron chi connectivity index (χ3n) is 4.49. The van der Waals surface area contributed by atoms with Crippen molar-refractivity contribution >= 4 is 0 Å². The fourth-order valence-corrected chi connectivity index (χ4v) is 2.78. The van der Waals surface area contributed by atoms with Gasteiger partial charge in [-0.3, -0.25) is 4.68 Å². The molecule has 0 aliphatic carbocycles. The molecule has 1 atom stereocenters. The monoisotopic (exact) mass is 302 g/mol. The minimum Gasteiger partial charge on any atom is -0.467 e. The van der Waals surface area contributed by atoms with Crippen LogP contribution in [0.2, 0.25) is 0 Å². The average molecular weight is 302 g/mol. The van der Waals surface area contributed by atoms with Crippen LogP contribution in [0.4, 0.5) is 0 Å².